The van der Waals surface area contributed by atoms with Gasteiger partial charge in [-0.15, -0.1) is 0 Å². The van der Waals surface area contributed by atoms with E-state index >= 15 is 0 Å². The molecule has 28 heavy (non-hydrogen) atoms. The van der Waals surface area contributed by atoms with E-state index in [1.807, 2.05) is 72.8 Å². The molecule has 5 aromatic rings. The molecule has 0 saturated heterocycles. The lowest BCUT2D eigenvalue weighted by molar-refractivity contribution is 0.477. The van der Waals surface area contributed by atoms with Crippen LogP contribution in [0.4, 0.5) is 0 Å². The van der Waals surface area contributed by atoms with Crippen LogP contribution in [0, 0.1) is 0 Å². The molecular weight excluding hydrogens is 346 g/mol. The van der Waals surface area contributed by atoms with Gasteiger partial charge in [-0.2, -0.15) is 0 Å². The molecule has 0 aliphatic heterocycles. The maximum atomic E-state index is 10.1. The number of aromatic hydroxyl groups is 1. The van der Waals surface area contributed by atoms with Crippen LogP contribution in [0.25, 0.3) is 44.9 Å². The number of aromatic nitrogens is 3. The second-order valence-corrected chi connectivity index (χ2v) is 6.61. The van der Waals surface area contributed by atoms with E-state index in [4.69, 9.17) is 4.98 Å². The minimum absolute atomic E-state index is 0.225. The first-order valence-corrected chi connectivity index (χ1v) is 9.09. The van der Waals surface area contributed by atoms with Crippen LogP contribution in [0.1, 0.15) is 0 Å². The normalized spacial score (nSPS) is 11.0. The summed E-state index contributed by atoms with van der Waals surface area (Å²) >= 11 is 0. The predicted octanol–water partition coefficient (Wildman–Crippen LogP) is 5.66. The number of benzene rings is 3. The Bertz CT molecular complexity index is 1260. The van der Waals surface area contributed by atoms with E-state index in [0.29, 0.717) is 0 Å². The van der Waals surface area contributed by atoms with Gasteiger partial charge in [0.1, 0.15) is 11.6 Å². The van der Waals surface area contributed by atoms with Crippen LogP contribution < -0.4 is 0 Å². The summed E-state index contributed by atoms with van der Waals surface area (Å²) in [7, 11) is 0. The van der Waals surface area contributed by atoms with E-state index in [-0.39, 0.29) is 5.75 Å². The minimum atomic E-state index is 0.225. The lowest BCUT2D eigenvalue weighted by Gasteiger charge is -2.07. The highest BCUT2D eigenvalue weighted by Crippen LogP contribution is 2.30. The third-order valence-corrected chi connectivity index (χ3v) is 4.75. The van der Waals surface area contributed by atoms with Crippen molar-refractivity contribution in [2.24, 2.45) is 0 Å². The Kier molecular flexibility index (Phi) is 3.87. The summed E-state index contributed by atoms with van der Waals surface area (Å²) in [5, 5.41) is 10.1. The van der Waals surface area contributed by atoms with E-state index in [9.17, 15) is 5.11 Å². The first kappa shape index (κ1) is 16.3. The summed E-state index contributed by atoms with van der Waals surface area (Å²) in [6.07, 6.45) is 0. The maximum Gasteiger partial charge on any atom is 0.138 e. The maximum absolute atomic E-state index is 10.1. The van der Waals surface area contributed by atoms with Crippen molar-refractivity contribution >= 4 is 11.0 Å². The molecule has 0 aliphatic rings. The van der Waals surface area contributed by atoms with Crippen molar-refractivity contribution in [1.82, 2.24) is 15.0 Å². The Labute approximate surface area is 162 Å². The second-order valence-electron chi connectivity index (χ2n) is 6.61. The van der Waals surface area contributed by atoms with E-state index < -0.39 is 0 Å². The van der Waals surface area contributed by atoms with E-state index in [1.54, 1.807) is 12.1 Å². The van der Waals surface area contributed by atoms with Gasteiger partial charge >= 0.3 is 0 Å². The summed E-state index contributed by atoms with van der Waals surface area (Å²) in [5.41, 5.74) is 6.27. The Balaban J connectivity index is 1.57. The van der Waals surface area contributed by atoms with Crippen LogP contribution in [0.5, 0.6) is 5.75 Å². The monoisotopic (exact) mass is 363 g/mol. The van der Waals surface area contributed by atoms with E-state index in [2.05, 4.69) is 16.0 Å². The van der Waals surface area contributed by atoms with Crippen molar-refractivity contribution < 1.29 is 5.11 Å². The fourth-order valence-corrected chi connectivity index (χ4v) is 3.35. The molecule has 0 saturated carbocycles. The van der Waals surface area contributed by atoms with Gasteiger partial charge in [-0.05, 0) is 42.5 Å². The van der Waals surface area contributed by atoms with Crippen LogP contribution in [0.2, 0.25) is 0 Å². The Morgan fingerprint density at radius 3 is 2.29 bits per heavy atom. The average molecular weight is 363 g/mol. The van der Waals surface area contributed by atoms with Gasteiger partial charge < -0.3 is 10.1 Å². The van der Waals surface area contributed by atoms with Gasteiger partial charge in [0.2, 0.25) is 0 Å². The Morgan fingerprint density at radius 2 is 1.39 bits per heavy atom. The quantitative estimate of drug-likeness (QED) is 0.434. The largest absolute Gasteiger partial charge is 0.507 e. The van der Waals surface area contributed by atoms with Crippen LogP contribution in [0.15, 0.2) is 91.0 Å². The van der Waals surface area contributed by atoms with Crippen molar-refractivity contribution in [3.63, 3.8) is 0 Å². The molecule has 0 amide bonds. The van der Waals surface area contributed by atoms with Crippen LogP contribution in [0.3, 0.4) is 0 Å². The summed E-state index contributed by atoms with van der Waals surface area (Å²) in [5.74, 6) is 1.06. The Morgan fingerprint density at radius 1 is 0.643 bits per heavy atom. The van der Waals surface area contributed by atoms with Crippen molar-refractivity contribution in [3.8, 4) is 39.7 Å². The molecule has 4 heteroatoms. The zero-order chi connectivity index (χ0) is 18.9. The number of hydrogen-bond acceptors (Lipinski definition) is 3. The van der Waals surface area contributed by atoms with Gasteiger partial charge in [0, 0.05) is 16.7 Å². The number of hydrogen-bond donors (Lipinski definition) is 2. The predicted molar refractivity (Wildman–Crippen MR) is 112 cm³/mol. The molecule has 0 unspecified atom stereocenters. The number of aromatic amines is 1. The van der Waals surface area contributed by atoms with Gasteiger partial charge in [0.25, 0.3) is 0 Å². The summed E-state index contributed by atoms with van der Waals surface area (Å²) < 4.78 is 0. The van der Waals surface area contributed by atoms with Gasteiger partial charge in [0.05, 0.1) is 22.4 Å². The van der Waals surface area contributed by atoms with Crippen molar-refractivity contribution in [2.75, 3.05) is 0 Å². The minimum Gasteiger partial charge on any atom is -0.507 e. The van der Waals surface area contributed by atoms with Crippen LogP contribution in [-0.2, 0) is 0 Å². The van der Waals surface area contributed by atoms with Crippen molar-refractivity contribution in [2.45, 2.75) is 0 Å². The van der Waals surface area contributed by atoms with E-state index in [0.717, 1.165) is 44.9 Å². The Hall–Kier alpha value is -3.92. The van der Waals surface area contributed by atoms with Gasteiger partial charge in [-0.1, -0.05) is 48.5 Å². The number of nitrogens with zero attached hydrogens (tertiary/aromatic N) is 2. The molecule has 2 aromatic heterocycles. The summed E-state index contributed by atoms with van der Waals surface area (Å²) in [6.45, 7) is 0. The topological polar surface area (TPSA) is 61.8 Å². The number of phenolic OH excluding ortho intramolecular Hbond substituents is 1. The molecule has 0 bridgehead atoms. The lowest BCUT2D eigenvalue weighted by Crippen LogP contribution is -1.89. The first-order chi connectivity index (χ1) is 13.8. The number of rotatable bonds is 3. The number of para-hydroxylation sites is 3. The van der Waals surface area contributed by atoms with Crippen LogP contribution in [-0.4, -0.2) is 20.1 Å². The summed E-state index contributed by atoms with van der Waals surface area (Å²) in [4.78, 5) is 12.8. The molecule has 3 aromatic carbocycles. The summed E-state index contributed by atoms with van der Waals surface area (Å²) in [6, 6.07) is 29.2. The molecule has 0 radical (unpaired) electrons. The molecule has 2 heterocycles. The average Bonchev–Trinajstić information content (AvgIpc) is 3.19. The number of H-pyrrole nitrogens is 1. The molecule has 0 fully saturated rings. The third kappa shape index (κ3) is 2.91. The molecule has 2 N–H and O–H groups in total. The molecular formula is C24H17N3O. The number of imidazole rings is 1. The highest BCUT2D eigenvalue weighted by Gasteiger charge is 2.09. The third-order valence-electron chi connectivity index (χ3n) is 4.75. The number of phenols is 1. The molecule has 0 aliphatic carbocycles. The smallest absolute Gasteiger partial charge is 0.138 e. The highest BCUT2D eigenvalue weighted by molar-refractivity contribution is 5.80. The molecule has 0 atom stereocenters. The van der Waals surface area contributed by atoms with Gasteiger partial charge in [0.15, 0.2) is 0 Å². The SMILES string of the molecule is Oc1ccccc1-c1cccc(-c2cccc(-c3nc4ccccc4[nH]3)c2)n1. The van der Waals surface area contributed by atoms with Gasteiger partial charge in [-0.3, -0.25) is 0 Å². The number of nitrogens with one attached hydrogen (secondary N) is 1. The fraction of sp³-hybridized carbons (Fsp3) is 0. The molecule has 0 spiro atoms. The fourth-order valence-electron chi connectivity index (χ4n) is 3.35. The van der Waals surface area contributed by atoms with Crippen LogP contribution >= 0.6 is 0 Å². The molecule has 5 rings (SSSR count). The number of fused-ring (bicyclic) bond motifs is 1. The highest BCUT2D eigenvalue weighted by atomic mass is 16.3. The lowest BCUT2D eigenvalue weighted by atomic mass is 10.1. The van der Waals surface area contributed by atoms with Crippen molar-refractivity contribution in [3.05, 3.63) is 91.0 Å². The number of pyridine rings is 1. The van der Waals surface area contributed by atoms with E-state index in [1.165, 1.54) is 0 Å². The van der Waals surface area contributed by atoms with Crippen molar-refractivity contribution in [1.29, 1.82) is 0 Å². The first-order valence-electron chi connectivity index (χ1n) is 9.09. The molecule has 134 valence electrons. The second kappa shape index (κ2) is 6.67. The standard InChI is InChI=1S/C24H17N3O/c28-23-14-4-1-9-18(23)20-13-6-12-19(25-20)16-7-5-8-17(15-16)24-26-21-10-2-3-11-22(21)27-24/h1-15,28H,(H,26,27). The van der Waals surface area contributed by atoms with Gasteiger partial charge in [-0.25, -0.2) is 9.97 Å². The molecule has 4 nitrogen and oxygen atoms in total. The zero-order valence-electron chi connectivity index (χ0n) is 15.0. The zero-order valence-corrected chi connectivity index (χ0v) is 15.0.